The normalized spacial score (nSPS) is 23.4. The second-order valence-electron chi connectivity index (χ2n) is 18.3. The van der Waals surface area contributed by atoms with Crippen LogP contribution in [0, 0.1) is 36.5 Å². The van der Waals surface area contributed by atoms with Gasteiger partial charge in [0.15, 0.2) is 0 Å². The molecule has 1 aliphatic rings. The first-order chi connectivity index (χ1) is 31.0. The highest BCUT2D eigenvalue weighted by atomic mass is 35.5. The van der Waals surface area contributed by atoms with Crippen LogP contribution in [-0.2, 0) is 38.4 Å². The minimum absolute atomic E-state index is 0.0378. The summed E-state index contributed by atoms with van der Waals surface area (Å²) in [5, 5.41) is 79.0. The number of ketones is 1. The third kappa shape index (κ3) is 16.3. The summed E-state index contributed by atoms with van der Waals surface area (Å²) in [5.41, 5.74) is -0.321. The predicted octanol–water partition coefficient (Wildman–Crippen LogP) is -0.376. The number of aromatic hydroxyl groups is 2. The van der Waals surface area contributed by atoms with Gasteiger partial charge in [0.25, 0.3) is 0 Å². The molecule has 0 bridgehead atoms. The molecule has 0 spiro atoms. The molecule has 0 radical (unpaired) electrons. The highest BCUT2D eigenvalue weighted by Gasteiger charge is 2.39. The zero-order chi connectivity index (χ0) is 51.4. The summed E-state index contributed by atoms with van der Waals surface area (Å²) in [4.78, 5) is 108. The molecule has 67 heavy (non-hydrogen) atoms. The molecule has 378 valence electrons. The molecule has 2 rings (SSSR count). The van der Waals surface area contributed by atoms with Gasteiger partial charge >= 0.3 is 0 Å². The van der Waals surface area contributed by atoms with E-state index in [2.05, 4.69) is 37.2 Å². The number of hydrogen-bond donors (Lipinski definition) is 13. The van der Waals surface area contributed by atoms with Crippen molar-refractivity contribution in [2.75, 3.05) is 6.54 Å². The van der Waals surface area contributed by atoms with Gasteiger partial charge in [-0.2, -0.15) is 0 Å². The number of phenolic OH excluding ortho intramolecular Hbond substituents is 2. The van der Waals surface area contributed by atoms with E-state index in [9.17, 15) is 69.0 Å². The Morgan fingerprint density at radius 3 is 1.99 bits per heavy atom. The Hall–Kier alpha value is -5.09. The standard InChI is InChI=1S/C45H72ClN7O14/c1-12-19(3)34-42(64)47-17-32(59)48-24(8)35(43(65)53-37(45(67)51-34)28-15-30(57)22(6)40(62)33(28)46)52-41(63)25(9)49-44(66)36(26(10)54)50-31(58)16-29(56)20(4)13-18(2)14-21(5)38(60)23(7)39(61)27(11)55/h15,18-21,23-27,34-39,54-55,57,60-62H,12-14,16-17H2,1-11H3,(H,47,64)(H,48,59)(H,49,66)(H,50,58)(H,51,67)(H,52,63)(H,53,65)/t18?,19-,20?,21-,23-,24+,25-,26+,27+,34-,35+,36+,37+,38+,39-/m0/s1. The fourth-order valence-electron chi connectivity index (χ4n) is 7.86. The number of halogens is 1. The van der Waals surface area contributed by atoms with Crippen molar-refractivity contribution in [1.82, 2.24) is 37.2 Å². The average molecular weight is 971 g/mol. The van der Waals surface area contributed by atoms with Gasteiger partial charge in [0.1, 0.15) is 47.5 Å². The van der Waals surface area contributed by atoms with Crippen LogP contribution < -0.4 is 37.2 Å². The van der Waals surface area contributed by atoms with Gasteiger partial charge in [-0.05, 0) is 71.3 Å². The second-order valence-corrected chi connectivity index (χ2v) is 18.7. The van der Waals surface area contributed by atoms with Crippen molar-refractivity contribution in [3.63, 3.8) is 0 Å². The van der Waals surface area contributed by atoms with Gasteiger partial charge in [-0.1, -0.05) is 59.6 Å². The van der Waals surface area contributed by atoms with Crippen LogP contribution in [0.15, 0.2) is 6.07 Å². The first-order valence-corrected chi connectivity index (χ1v) is 23.0. The van der Waals surface area contributed by atoms with E-state index < -0.39 is 155 Å². The first kappa shape index (κ1) is 58.0. The fourth-order valence-corrected chi connectivity index (χ4v) is 8.17. The van der Waals surface area contributed by atoms with Crippen molar-refractivity contribution in [1.29, 1.82) is 0 Å². The van der Waals surface area contributed by atoms with Gasteiger partial charge in [-0.15, -0.1) is 0 Å². The zero-order valence-electron chi connectivity index (χ0n) is 40.1. The summed E-state index contributed by atoms with van der Waals surface area (Å²) in [6.45, 7) is 16.3. The van der Waals surface area contributed by atoms with Gasteiger partial charge in [0.05, 0.1) is 48.4 Å². The summed E-state index contributed by atoms with van der Waals surface area (Å²) < 4.78 is 0. The lowest BCUT2D eigenvalue weighted by atomic mass is 9.80. The maximum atomic E-state index is 14.2. The van der Waals surface area contributed by atoms with Crippen LogP contribution in [0.4, 0.5) is 0 Å². The van der Waals surface area contributed by atoms with Gasteiger partial charge in [0.2, 0.25) is 41.4 Å². The highest BCUT2D eigenvalue weighted by Crippen LogP contribution is 2.39. The Bertz CT molecular complexity index is 1950. The minimum Gasteiger partial charge on any atom is -0.508 e. The van der Waals surface area contributed by atoms with E-state index in [4.69, 9.17) is 11.6 Å². The van der Waals surface area contributed by atoms with Crippen LogP contribution >= 0.6 is 11.6 Å². The number of aliphatic hydroxyl groups excluding tert-OH is 4. The summed E-state index contributed by atoms with van der Waals surface area (Å²) in [5.74, 6) is -10.2. The summed E-state index contributed by atoms with van der Waals surface area (Å²) in [7, 11) is 0. The number of Topliss-reactive ketones (excluding diaryl/α,β-unsaturated/α-hetero) is 1. The zero-order valence-corrected chi connectivity index (χ0v) is 40.9. The number of carbonyl (C=O) groups excluding carboxylic acids is 8. The molecule has 2 unspecified atom stereocenters. The van der Waals surface area contributed by atoms with Crippen molar-refractivity contribution in [2.45, 2.75) is 163 Å². The average Bonchev–Trinajstić information content (AvgIpc) is 3.26. The molecule has 0 aromatic heterocycles. The van der Waals surface area contributed by atoms with E-state index >= 15 is 0 Å². The molecule has 13 N–H and O–H groups in total. The first-order valence-electron chi connectivity index (χ1n) is 22.6. The van der Waals surface area contributed by atoms with E-state index in [1.165, 1.54) is 34.6 Å². The van der Waals surface area contributed by atoms with E-state index in [0.717, 1.165) is 6.07 Å². The molecule has 21 nitrogen and oxygen atoms in total. The summed E-state index contributed by atoms with van der Waals surface area (Å²) in [6.07, 6.45) is -4.03. The molecule has 15 atom stereocenters. The third-order valence-corrected chi connectivity index (χ3v) is 12.8. The molecule has 22 heteroatoms. The SMILES string of the molecule is CC[C@H](C)[C@@H]1NC(=O)[C@@H](c2cc(O)c(C)c(O)c2Cl)NC(=O)[C@H](NC(=O)[C@H](C)NC(=O)[C@H](NC(=O)CC(=O)C(C)CC(C)C[C@H](C)[C@@H](O)[C@H](C)[C@H](O)[C@@H](C)O)[C@@H](C)O)[C@@H](C)NC(=O)CNC1=O. The maximum Gasteiger partial charge on any atom is 0.247 e. The molecule has 1 aliphatic heterocycles. The Balaban J connectivity index is 2.27. The molecule has 1 aromatic rings. The van der Waals surface area contributed by atoms with Crippen molar-refractivity contribution >= 4 is 58.7 Å². The van der Waals surface area contributed by atoms with Crippen LogP contribution in [0.3, 0.4) is 0 Å². The van der Waals surface area contributed by atoms with Crippen molar-refractivity contribution in [3.8, 4) is 11.5 Å². The Morgan fingerprint density at radius 1 is 0.806 bits per heavy atom. The number of aliphatic hydroxyl groups is 4. The third-order valence-electron chi connectivity index (χ3n) is 12.4. The van der Waals surface area contributed by atoms with E-state index in [-0.39, 0.29) is 23.0 Å². The molecule has 7 amide bonds. The van der Waals surface area contributed by atoms with Crippen LogP contribution in [0.2, 0.25) is 5.02 Å². The van der Waals surface area contributed by atoms with E-state index in [0.29, 0.717) is 19.3 Å². The molecular formula is C45H72ClN7O14. The van der Waals surface area contributed by atoms with Crippen LogP contribution in [0.1, 0.15) is 112 Å². The van der Waals surface area contributed by atoms with Crippen molar-refractivity contribution < 1.29 is 69.0 Å². The predicted molar refractivity (Wildman–Crippen MR) is 245 cm³/mol. The highest BCUT2D eigenvalue weighted by molar-refractivity contribution is 6.33. The quantitative estimate of drug-likeness (QED) is 0.0742. The summed E-state index contributed by atoms with van der Waals surface area (Å²) in [6, 6.07) is -8.10. The molecule has 1 saturated heterocycles. The van der Waals surface area contributed by atoms with Gasteiger partial charge < -0.3 is 67.9 Å². The maximum absolute atomic E-state index is 14.2. The fraction of sp³-hybridized carbons (Fsp3) is 0.689. The largest absolute Gasteiger partial charge is 0.508 e. The number of nitrogens with one attached hydrogen (secondary N) is 7. The topological polar surface area (TPSA) is 342 Å². The van der Waals surface area contributed by atoms with Gasteiger partial charge in [-0.3, -0.25) is 38.4 Å². The smallest absolute Gasteiger partial charge is 0.247 e. The number of hydrogen-bond acceptors (Lipinski definition) is 14. The second kappa shape index (κ2) is 25.9. The Labute approximate surface area is 396 Å². The number of carbonyl (C=O) groups is 8. The Morgan fingerprint density at radius 2 is 1.42 bits per heavy atom. The minimum atomic E-state index is -1.81. The number of benzene rings is 1. The van der Waals surface area contributed by atoms with Crippen LogP contribution in [0.25, 0.3) is 0 Å². The van der Waals surface area contributed by atoms with Gasteiger partial charge in [0, 0.05) is 23.0 Å². The van der Waals surface area contributed by atoms with E-state index in [1.54, 1.807) is 34.6 Å². The molecule has 0 saturated carbocycles. The lowest BCUT2D eigenvalue weighted by Crippen LogP contribution is -2.62. The molecule has 1 heterocycles. The van der Waals surface area contributed by atoms with Crippen molar-refractivity contribution in [3.05, 3.63) is 22.2 Å². The monoisotopic (exact) mass is 969 g/mol. The number of rotatable bonds is 20. The lowest BCUT2D eigenvalue weighted by molar-refractivity contribution is -0.137. The summed E-state index contributed by atoms with van der Waals surface area (Å²) >= 11 is 6.45. The van der Waals surface area contributed by atoms with Crippen LogP contribution in [0.5, 0.6) is 11.5 Å². The number of phenols is 2. The van der Waals surface area contributed by atoms with Crippen LogP contribution in [-0.4, -0.2) is 139 Å². The number of amides is 7. The molecule has 0 aliphatic carbocycles. The molecule has 1 fully saturated rings. The molecular weight excluding hydrogens is 898 g/mol. The molecule has 1 aromatic carbocycles. The van der Waals surface area contributed by atoms with E-state index in [1.807, 2.05) is 6.92 Å². The van der Waals surface area contributed by atoms with Crippen molar-refractivity contribution in [2.24, 2.45) is 29.6 Å². The van der Waals surface area contributed by atoms with Gasteiger partial charge in [-0.25, -0.2) is 0 Å². The lowest BCUT2D eigenvalue weighted by Gasteiger charge is -2.31. The Kier molecular flexibility index (Phi) is 22.4.